The van der Waals surface area contributed by atoms with Crippen LogP contribution in [0.3, 0.4) is 0 Å². The van der Waals surface area contributed by atoms with Crippen LogP contribution >= 0.6 is 0 Å². The zero-order valence-electron chi connectivity index (χ0n) is 15.2. The first-order chi connectivity index (χ1) is 12.3. The first kappa shape index (κ1) is 17.7. The molecule has 25 heavy (non-hydrogen) atoms. The molecule has 1 aliphatic heterocycles. The van der Waals surface area contributed by atoms with Gasteiger partial charge in [-0.2, -0.15) is 0 Å². The molecule has 1 fully saturated rings. The van der Waals surface area contributed by atoms with E-state index in [0.717, 1.165) is 50.8 Å². The fourth-order valence-corrected chi connectivity index (χ4v) is 3.15. The van der Waals surface area contributed by atoms with E-state index < -0.39 is 0 Å². The second-order valence-electron chi connectivity index (χ2n) is 6.42. The van der Waals surface area contributed by atoms with Crippen molar-refractivity contribution in [2.75, 3.05) is 44.7 Å². The highest BCUT2D eigenvalue weighted by molar-refractivity contribution is 5.47. The number of benzene rings is 1. The number of para-hydroxylation sites is 1. The highest BCUT2D eigenvalue weighted by atomic mass is 16.5. The number of nitrogens with one attached hydrogen (secondary N) is 1. The number of anilines is 1. The molecule has 1 aromatic carbocycles. The minimum Gasteiger partial charge on any atom is -0.494 e. The third kappa shape index (κ3) is 4.71. The molecule has 2 aromatic rings. The summed E-state index contributed by atoms with van der Waals surface area (Å²) < 4.78 is 5.70. The molecule has 5 nitrogen and oxygen atoms in total. The number of hydrogen-bond donors (Lipinski definition) is 1. The van der Waals surface area contributed by atoms with E-state index in [4.69, 9.17) is 4.74 Å². The maximum atomic E-state index is 5.70. The third-order valence-corrected chi connectivity index (χ3v) is 4.57. The lowest BCUT2D eigenvalue weighted by Crippen LogP contribution is -2.45. The van der Waals surface area contributed by atoms with Crippen LogP contribution < -0.4 is 15.0 Å². The standard InChI is InChI=1S/C20H28N4O/c1-3-25-19-9-5-4-7-17(19)15-21-16-18-8-6-10-22-20(18)24-13-11-23(2)12-14-24/h4-10,21H,3,11-16H2,1-2H3. The van der Waals surface area contributed by atoms with Crippen LogP contribution in [0.1, 0.15) is 18.1 Å². The minimum absolute atomic E-state index is 0.688. The SMILES string of the molecule is CCOc1ccccc1CNCc1cccnc1N1CCN(C)CC1. The number of hydrogen-bond acceptors (Lipinski definition) is 5. The number of piperazine rings is 1. The van der Waals surface area contributed by atoms with Crippen LogP contribution in [-0.4, -0.2) is 49.7 Å². The van der Waals surface area contributed by atoms with Crippen LogP contribution in [-0.2, 0) is 13.1 Å². The van der Waals surface area contributed by atoms with Gasteiger partial charge in [-0.05, 0) is 26.1 Å². The topological polar surface area (TPSA) is 40.6 Å². The second-order valence-corrected chi connectivity index (χ2v) is 6.42. The highest BCUT2D eigenvalue weighted by Gasteiger charge is 2.17. The van der Waals surface area contributed by atoms with Crippen molar-refractivity contribution in [3.8, 4) is 5.75 Å². The molecule has 0 saturated carbocycles. The van der Waals surface area contributed by atoms with Gasteiger partial charge in [0.2, 0.25) is 0 Å². The molecular weight excluding hydrogens is 312 g/mol. The van der Waals surface area contributed by atoms with Crippen molar-refractivity contribution in [3.05, 3.63) is 53.7 Å². The summed E-state index contributed by atoms with van der Waals surface area (Å²) in [4.78, 5) is 9.40. The van der Waals surface area contributed by atoms with Gasteiger partial charge < -0.3 is 19.9 Å². The number of aromatic nitrogens is 1. The molecule has 1 saturated heterocycles. The van der Waals surface area contributed by atoms with E-state index in [2.05, 4.69) is 45.3 Å². The van der Waals surface area contributed by atoms with Crippen molar-refractivity contribution < 1.29 is 4.74 Å². The van der Waals surface area contributed by atoms with Crippen LogP contribution in [0, 0.1) is 0 Å². The van der Waals surface area contributed by atoms with E-state index in [1.54, 1.807) is 0 Å². The summed E-state index contributed by atoms with van der Waals surface area (Å²) in [7, 11) is 2.17. The Labute approximate surface area is 150 Å². The Hall–Kier alpha value is -2.11. The minimum atomic E-state index is 0.688. The third-order valence-electron chi connectivity index (χ3n) is 4.57. The van der Waals surface area contributed by atoms with Crippen molar-refractivity contribution in [1.82, 2.24) is 15.2 Å². The van der Waals surface area contributed by atoms with Gasteiger partial charge in [-0.15, -0.1) is 0 Å². The van der Waals surface area contributed by atoms with Crippen LogP contribution in [0.25, 0.3) is 0 Å². The fraction of sp³-hybridized carbons (Fsp3) is 0.450. The number of ether oxygens (including phenoxy) is 1. The second kappa shape index (κ2) is 8.83. The van der Waals surface area contributed by atoms with E-state index in [0.29, 0.717) is 6.61 Å². The van der Waals surface area contributed by atoms with Crippen LogP contribution in [0.5, 0.6) is 5.75 Å². The number of pyridine rings is 1. The summed E-state index contributed by atoms with van der Waals surface area (Å²) in [5, 5.41) is 3.55. The molecule has 1 aliphatic rings. The Kier molecular flexibility index (Phi) is 6.25. The van der Waals surface area contributed by atoms with Crippen LogP contribution in [0.15, 0.2) is 42.6 Å². The molecule has 0 amide bonds. The van der Waals surface area contributed by atoms with E-state index in [9.17, 15) is 0 Å². The predicted molar refractivity (Wildman–Crippen MR) is 102 cm³/mol. The molecule has 0 radical (unpaired) electrons. The van der Waals surface area contributed by atoms with Gasteiger partial charge >= 0.3 is 0 Å². The summed E-state index contributed by atoms with van der Waals surface area (Å²) in [5.41, 5.74) is 2.44. The van der Waals surface area contributed by atoms with Gasteiger partial charge in [-0.25, -0.2) is 4.98 Å². The lowest BCUT2D eigenvalue weighted by Gasteiger charge is -2.34. The summed E-state index contributed by atoms with van der Waals surface area (Å²) in [6.07, 6.45) is 1.89. The van der Waals surface area contributed by atoms with Crippen molar-refractivity contribution in [2.24, 2.45) is 0 Å². The Morgan fingerprint density at radius 1 is 1.00 bits per heavy atom. The monoisotopic (exact) mass is 340 g/mol. The lowest BCUT2D eigenvalue weighted by atomic mass is 10.2. The first-order valence-electron chi connectivity index (χ1n) is 9.06. The molecule has 0 spiro atoms. The quantitative estimate of drug-likeness (QED) is 0.839. The van der Waals surface area contributed by atoms with Gasteiger partial charge in [0.05, 0.1) is 6.61 Å². The van der Waals surface area contributed by atoms with E-state index in [-0.39, 0.29) is 0 Å². The van der Waals surface area contributed by atoms with Gasteiger partial charge in [0.1, 0.15) is 11.6 Å². The highest BCUT2D eigenvalue weighted by Crippen LogP contribution is 2.20. The Morgan fingerprint density at radius 2 is 1.72 bits per heavy atom. The number of likely N-dealkylation sites (N-methyl/N-ethyl adjacent to an activating group) is 1. The average molecular weight is 340 g/mol. The maximum absolute atomic E-state index is 5.70. The fourth-order valence-electron chi connectivity index (χ4n) is 3.15. The van der Waals surface area contributed by atoms with Crippen LogP contribution in [0.4, 0.5) is 5.82 Å². The zero-order chi connectivity index (χ0) is 17.5. The molecule has 0 aliphatic carbocycles. The Morgan fingerprint density at radius 3 is 2.52 bits per heavy atom. The molecule has 0 unspecified atom stereocenters. The molecular formula is C20H28N4O. The van der Waals surface area contributed by atoms with Crippen molar-refractivity contribution in [1.29, 1.82) is 0 Å². The molecule has 1 aromatic heterocycles. The van der Waals surface area contributed by atoms with Crippen molar-refractivity contribution in [3.63, 3.8) is 0 Å². The maximum Gasteiger partial charge on any atom is 0.133 e. The average Bonchev–Trinajstić information content (AvgIpc) is 2.65. The molecule has 2 heterocycles. The number of rotatable bonds is 7. The smallest absolute Gasteiger partial charge is 0.133 e. The summed E-state index contributed by atoms with van der Waals surface area (Å²) >= 11 is 0. The molecule has 5 heteroatoms. The lowest BCUT2D eigenvalue weighted by molar-refractivity contribution is 0.311. The van der Waals surface area contributed by atoms with E-state index in [1.807, 2.05) is 31.3 Å². The molecule has 3 rings (SSSR count). The number of nitrogens with zero attached hydrogens (tertiary/aromatic N) is 3. The molecule has 134 valence electrons. The summed E-state index contributed by atoms with van der Waals surface area (Å²) in [5.74, 6) is 2.07. The molecule has 1 N–H and O–H groups in total. The first-order valence-corrected chi connectivity index (χ1v) is 9.06. The normalized spacial score (nSPS) is 15.4. The Balaban J connectivity index is 1.62. The largest absolute Gasteiger partial charge is 0.494 e. The Bertz CT molecular complexity index is 668. The van der Waals surface area contributed by atoms with Gasteiger partial charge in [0.25, 0.3) is 0 Å². The van der Waals surface area contributed by atoms with Gasteiger partial charge in [0.15, 0.2) is 0 Å². The van der Waals surface area contributed by atoms with Gasteiger partial charge in [0, 0.05) is 56.6 Å². The molecule has 0 atom stereocenters. The van der Waals surface area contributed by atoms with Crippen molar-refractivity contribution in [2.45, 2.75) is 20.0 Å². The van der Waals surface area contributed by atoms with E-state index >= 15 is 0 Å². The van der Waals surface area contributed by atoms with Crippen molar-refractivity contribution >= 4 is 5.82 Å². The predicted octanol–water partition coefficient (Wildman–Crippen LogP) is 2.52. The van der Waals surface area contributed by atoms with Gasteiger partial charge in [-0.3, -0.25) is 0 Å². The summed E-state index contributed by atoms with van der Waals surface area (Å²) in [6, 6.07) is 12.4. The zero-order valence-corrected chi connectivity index (χ0v) is 15.2. The summed E-state index contributed by atoms with van der Waals surface area (Å²) in [6.45, 7) is 8.54. The molecule has 0 bridgehead atoms. The van der Waals surface area contributed by atoms with Gasteiger partial charge in [-0.1, -0.05) is 24.3 Å². The van der Waals surface area contributed by atoms with E-state index in [1.165, 1.54) is 11.1 Å². The van der Waals surface area contributed by atoms with Crippen LogP contribution in [0.2, 0.25) is 0 Å².